The molecule has 0 aliphatic heterocycles. The van der Waals surface area contributed by atoms with Crippen molar-refractivity contribution in [1.29, 1.82) is 0 Å². The highest BCUT2D eigenvalue weighted by Crippen LogP contribution is 2.12. The van der Waals surface area contributed by atoms with E-state index in [0.717, 1.165) is 31.1 Å². The van der Waals surface area contributed by atoms with Gasteiger partial charge in [0.1, 0.15) is 5.76 Å². The summed E-state index contributed by atoms with van der Waals surface area (Å²) in [6, 6.07) is 4.23. The lowest BCUT2D eigenvalue weighted by Gasteiger charge is -2.10. The lowest BCUT2D eigenvalue weighted by atomic mass is 10.2. The van der Waals surface area contributed by atoms with E-state index in [1.807, 2.05) is 23.9 Å². The van der Waals surface area contributed by atoms with Gasteiger partial charge in [-0.3, -0.25) is 0 Å². The van der Waals surface area contributed by atoms with Gasteiger partial charge in [0.25, 0.3) is 0 Å². The fourth-order valence-corrected chi connectivity index (χ4v) is 2.18. The molecule has 0 saturated heterocycles. The predicted octanol–water partition coefficient (Wildman–Crippen LogP) is 2.70. The van der Waals surface area contributed by atoms with Crippen molar-refractivity contribution in [2.24, 2.45) is 0 Å². The summed E-state index contributed by atoms with van der Waals surface area (Å²) >= 11 is 1.96. The Kier molecular flexibility index (Phi) is 7.38. The molecule has 1 atom stereocenters. The van der Waals surface area contributed by atoms with Crippen LogP contribution < -0.4 is 5.32 Å². The van der Waals surface area contributed by atoms with Crippen LogP contribution in [0.25, 0.3) is 0 Å². The standard InChI is InChI=1S/C12H21NO2S/c1-11(12-5-3-8-15-12)13-6-10-16-9-4-7-14-2/h3,5,8,11,13H,4,6-7,9-10H2,1-2H3. The van der Waals surface area contributed by atoms with Crippen LogP contribution >= 0.6 is 11.8 Å². The van der Waals surface area contributed by atoms with Crippen LogP contribution in [-0.2, 0) is 4.74 Å². The Labute approximate surface area is 102 Å². The lowest BCUT2D eigenvalue weighted by molar-refractivity contribution is 0.200. The second-order valence-electron chi connectivity index (χ2n) is 3.65. The predicted molar refractivity (Wildman–Crippen MR) is 68.9 cm³/mol. The summed E-state index contributed by atoms with van der Waals surface area (Å²) < 4.78 is 10.3. The van der Waals surface area contributed by atoms with Gasteiger partial charge < -0.3 is 14.5 Å². The van der Waals surface area contributed by atoms with Crippen LogP contribution in [0.2, 0.25) is 0 Å². The molecular weight excluding hydrogens is 222 g/mol. The molecule has 92 valence electrons. The van der Waals surface area contributed by atoms with Gasteiger partial charge in [0.15, 0.2) is 0 Å². The summed E-state index contributed by atoms with van der Waals surface area (Å²) in [5, 5.41) is 3.43. The number of thioether (sulfide) groups is 1. The van der Waals surface area contributed by atoms with Crippen molar-refractivity contribution in [1.82, 2.24) is 5.32 Å². The van der Waals surface area contributed by atoms with Crippen LogP contribution in [0.3, 0.4) is 0 Å². The van der Waals surface area contributed by atoms with Crippen molar-refractivity contribution in [2.45, 2.75) is 19.4 Å². The Bertz CT molecular complexity index is 252. The number of nitrogens with one attached hydrogen (secondary N) is 1. The number of methoxy groups -OCH3 is 1. The molecule has 1 rings (SSSR count). The van der Waals surface area contributed by atoms with Crippen LogP contribution in [-0.4, -0.2) is 31.8 Å². The quantitative estimate of drug-likeness (QED) is 0.676. The fourth-order valence-electron chi connectivity index (χ4n) is 1.39. The summed E-state index contributed by atoms with van der Waals surface area (Å²) in [7, 11) is 1.75. The number of ether oxygens (including phenoxy) is 1. The van der Waals surface area contributed by atoms with Crippen LogP contribution in [0.5, 0.6) is 0 Å². The van der Waals surface area contributed by atoms with Crippen molar-refractivity contribution >= 4 is 11.8 Å². The van der Waals surface area contributed by atoms with E-state index in [1.165, 1.54) is 5.75 Å². The van der Waals surface area contributed by atoms with Gasteiger partial charge in [-0.1, -0.05) is 0 Å². The van der Waals surface area contributed by atoms with Gasteiger partial charge in [-0.25, -0.2) is 0 Å². The maximum Gasteiger partial charge on any atom is 0.120 e. The van der Waals surface area contributed by atoms with E-state index in [0.29, 0.717) is 6.04 Å². The average molecular weight is 243 g/mol. The molecule has 0 radical (unpaired) electrons. The molecule has 0 aromatic carbocycles. The first-order valence-corrected chi connectivity index (χ1v) is 6.83. The monoisotopic (exact) mass is 243 g/mol. The maximum atomic E-state index is 5.32. The molecule has 0 saturated carbocycles. The highest BCUT2D eigenvalue weighted by molar-refractivity contribution is 7.99. The maximum absolute atomic E-state index is 5.32. The number of hydrogen-bond donors (Lipinski definition) is 1. The normalized spacial score (nSPS) is 12.9. The first-order chi connectivity index (χ1) is 7.84. The van der Waals surface area contributed by atoms with E-state index < -0.39 is 0 Å². The van der Waals surface area contributed by atoms with E-state index in [2.05, 4.69) is 12.2 Å². The van der Waals surface area contributed by atoms with E-state index in [9.17, 15) is 0 Å². The minimum Gasteiger partial charge on any atom is -0.468 e. The summed E-state index contributed by atoms with van der Waals surface area (Å²) in [5.74, 6) is 3.31. The zero-order valence-corrected chi connectivity index (χ0v) is 10.9. The van der Waals surface area contributed by atoms with Crippen molar-refractivity contribution in [3.63, 3.8) is 0 Å². The molecule has 1 heterocycles. The van der Waals surface area contributed by atoms with Gasteiger partial charge in [0, 0.05) is 26.0 Å². The SMILES string of the molecule is COCCCSCCNC(C)c1ccco1. The molecule has 0 amide bonds. The Hall–Kier alpha value is -0.450. The molecule has 0 bridgehead atoms. The second kappa shape index (κ2) is 8.67. The van der Waals surface area contributed by atoms with E-state index in [1.54, 1.807) is 13.4 Å². The van der Waals surface area contributed by atoms with E-state index in [4.69, 9.17) is 9.15 Å². The zero-order chi connectivity index (χ0) is 11.6. The summed E-state index contributed by atoms with van der Waals surface area (Å²) in [4.78, 5) is 0. The Morgan fingerprint density at radius 2 is 2.38 bits per heavy atom. The zero-order valence-electron chi connectivity index (χ0n) is 10.1. The molecule has 1 unspecified atom stereocenters. The molecule has 1 N–H and O–H groups in total. The third-order valence-corrected chi connectivity index (χ3v) is 3.37. The van der Waals surface area contributed by atoms with E-state index >= 15 is 0 Å². The second-order valence-corrected chi connectivity index (χ2v) is 4.87. The number of hydrogen-bond acceptors (Lipinski definition) is 4. The highest BCUT2D eigenvalue weighted by atomic mass is 32.2. The first-order valence-electron chi connectivity index (χ1n) is 5.68. The molecule has 0 fully saturated rings. The van der Waals surface area contributed by atoms with Crippen molar-refractivity contribution in [3.05, 3.63) is 24.2 Å². The minimum absolute atomic E-state index is 0.301. The summed E-state index contributed by atoms with van der Waals surface area (Å²) in [5.41, 5.74) is 0. The number of furan rings is 1. The van der Waals surface area contributed by atoms with Crippen LogP contribution in [0.15, 0.2) is 22.8 Å². The number of rotatable bonds is 9. The first kappa shape index (κ1) is 13.6. The van der Waals surface area contributed by atoms with Gasteiger partial charge in [-0.2, -0.15) is 11.8 Å². The van der Waals surface area contributed by atoms with Gasteiger partial charge in [-0.05, 0) is 31.2 Å². The van der Waals surface area contributed by atoms with Crippen molar-refractivity contribution in [2.75, 3.05) is 31.8 Å². The Balaban J connectivity index is 1.95. The minimum atomic E-state index is 0.301. The largest absolute Gasteiger partial charge is 0.468 e. The van der Waals surface area contributed by atoms with Gasteiger partial charge in [0.05, 0.1) is 12.3 Å². The van der Waals surface area contributed by atoms with Gasteiger partial charge in [0.2, 0.25) is 0 Å². The topological polar surface area (TPSA) is 34.4 Å². The molecule has 1 aromatic rings. The average Bonchev–Trinajstić information content (AvgIpc) is 2.81. The molecular formula is C12H21NO2S. The molecule has 0 aliphatic rings. The summed E-state index contributed by atoms with van der Waals surface area (Å²) in [6.07, 6.45) is 2.85. The smallest absolute Gasteiger partial charge is 0.120 e. The van der Waals surface area contributed by atoms with Crippen LogP contribution in [0.4, 0.5) is 0 Å². The lowest BCUT2D eigenvalue weighted by Crippen LogP contribution is -2.21. The molecule has 3 nitrogen and oxygen atoms in total. The third kappa shape index (κ3) is 5.58. The molecule has 0 spiro atoms. The third-order valence-electron chi connectivity index (χ3n) is 2.30. The summed E-state index contributed by atoms with van der Waals surface area (Å²) in [6.45, 7) is 4.00. The van der Waals surface area contributed by atoms with Crippen LogP contribution in [0.1, 0.15) is 25.1 Å². The Morgan fingerprint density at radius 3 is 3.06 bits per heavy atom. The van der Waals surface area contributed by atoms with Crippen molar-refractivity contribution in [3.8, 4) is 0 Å². The highest BCUT2D eigenvalue weighted by Gasteiger charge is 2.05. The van der Waals surface area contributed by atoms with E-state index in [-0.39, 0.29) is 0 Å². The Morgan fingerprint density at radius 1 is 1.50 bits per heavy atom. The molecule has 1 aromatic heterocycles. The molecule has 4 heteroatoms. The molecule has 0 aliphatic carbocycles. The van der Waals surface area contributed by atoms with Gasteiger partial charge >= 0.3 is 0 Å². The van der Waals surface area contributed by atoms with Crippen molar-refractivity contribution < 1.29 is 9.15 Å². The molecule has 16 heavy (non-hydrogen) atoms. The van der Waals surface area contributed by atoms with Gasteiger partial charge in [-0.15, -0.1) is 0 Å². The van der Waals surface area contributed by atoms with Crippen LogP contribution in [0, 0.1) is 0 Å². The fraction of sp³-hybridized carbons (Fsp3) is 0.667.